The van der Waals surface area contributed by atoms with Crippen molar-refractivity contribution in [3.05, 3.63) is 51.8 Å². The fourth-order valence-electron chi connectivity index (χ4n) is 3.35. The van der Waals surface area contributed by atoms with Gasteiger partial charge in [-0.15, -0.1) is 0 Å². The molecule has 3 rings (SSSR count). The van der Waals surface area contributed by atoms with Crippen molar-refractivity contribution in [2.45, 2.75) is 39.2 Å². The van der Waals surface area contributed by atoms with Gasteiger partial charge in [0.15, 0.2) is 0 Å². The van der Waals surface area contributed by atoms with Gasteiger partial charge < -0.3 is 15.0 Å². The number of hydrogen-bond acceptors (Lipinski definition) is 4. The Bertz CT molecular complexity index is 809. The minimum Gasteiger partial charge on any atom is -0.462 e. The predicted octanol–water partition coefficient (Wildman–Crippen LogP) is 3.86. The van der Waals surface area contributed by atoms with Gasteiger partial charge in [0.05, 0.1) is 12.3 Å². The van der Waals surface area contributed by atoms with Gasteiger partial charge in [-0.2, -0.15) is 0 Å². The highest BCUT2D eigenvalue weighted by Gasteiger charge is 2.30. The average Bonchev–Trinajstić information content (AvgIpc) is 2.73. The Balaban J connectivity index is 2.14. The van der Waals surface area contributed by atoms with E-state index < -0.39 is 5.97 Å². The largest absolute Gasteiger partial charge is 0.462 e. The summed E-state index contributed by atoms with van der Waals surface area (Å²) in [5, 5.41) is 0.561. The van der Waals surface area contributed by atoms with Gasteiger partial charge in [-0.3, -0.25) is 4.79 Å². The van der Waals surface area contributed by atoms with Gasteiger partial charge in [-0.25, -0.2) is 4.79 Å². The first kappa shape index (κ1) is 17.5. The molecule has 25 heavy (non-hydrogen) atoms. The van der Waals surface area contributed by atoms with E-state index in [4.69, 9.17) is 22.1 Å². The molecule has 0 saturated heterocycles. The molecule has 0 unspecified atom stereocenters. The fourth-order valence-corrected chi connectivity index (χ4v) is 3.47. The van der Waals surface area contributed by atoms with E-state index in [1.54, 1.807) is 31.2 Å². The van der Waals surface area contributed by atoms with Crippen LogP contribution in [0.2, 0.25) is 5.02 Å². The number of rotatable bonds is 4. The lowest BCUT2D eigenvalue weighted by molar-refractivity contribution is 0.0526. The molecule has 2 heterocycles. The van der Waals surface area contributed by atoms with Gasteiger partial charge >= 0.3 is 5.97 Å². The Morgan fingerprint density at radius 1 is 1.20 bits per heavy atom. The minimum absolute atomic E-state index is 0.201. The molecule has 0 amide bonds. The summed E-state index contributed by atoms with van der Waals surface area (Å²) in [5.41, 5.74) is 8.52. The summed E-state index contributed by atoms with van der Waals surface area (Å²) in [6.45, 7) is 2.69. The second kappa shape index (κ2) is 7.31. The lowest BCUT2D eigenvalue weighted by Crippen LogP contribution is -2.13. The zero-order chi connectivity index (χ0) is 18.0. The highest BCUT2D eigenvalue weighted by atomic mass is 35.5. The van der Waals surface area contributed by atoms with Crippen LogP contribution in [0.5, 0.6) is 0 Å². The molecule has 1 aromatic heterocycles. The number of halogens is 1. The van der Waals surface area contributed by atoms with E-state index in [0.717, 1.165) is 25.0 Å². The molecule has 5 nitrogen and oxygen atoms in total. The highest BCUT2D eigenvalue weighted by molar-refractivity contribution is 6.30. The van der Waals surface area contributed by atoms with Crippen LogP contribution >= 0.6 is 11.6 Å². The summed E-state index contributed by atoms with van der Waals surface area (Å²) in [4.78, 5) is 25.5. The van der Waals surface area contributed by atoms with E-state index in [-0.39, 0.29) is 18.1 Å². The molecule has 132 valence electrons. The molecule has 2 aromatic rings. The zero-order valence-corrected chi connectivity index (χ0v) is 14.9. The fraction of sp³-hybridized carbons (Fsp3) is 0.368. The van der Waals surface area contributed by atoms with Crippen molar-refractivity contribution in [2.24, 2.45) is 0 Å². The Morgan fingerprint density at radius 3 is 2.60 bits per heavy atom. The quantitative estimate of drug-likeness (QED) is 0.663. The number of nitrogens with zero attached hydrogens (tertiary/aromatic N) is 1. The summed E-state index contributed by atoms with van der Waals surface area (Å²) in [6, 6.07) is 6.68. The number of benzene rings is 1. The smallest absolute Gasteiger partial charge is 0.342 e. The van der Waals surface area contributed by atoms with Crippen molar-refractivity contribution in [2.75, 3.05) is 12.3 Å². The molecule has 2 N–H and O–H groups in total. The van der Waals surface area contributed by atoms with Gasteiger partial charge in [0.2, 0.25) is 5.78 Å². The van der Waals surface area contributed by atoms with Gasteiger partial charge in [0.1, 0.15) is 11.3 Å². The van der Waals surface area contributed by atoms with Crippen LogP contribution in [0, 0.1) is 0 Å². The van der Waals surface area contributed by atoms with Crippen LogP contribution in [0.4, 0.5) is 5.69 Å². The molecule has 1 aromatic carbocycles. The van der Waals surface area contributed by atoms with Crippen molar-refractivity contribution in [1.82, 2.24) is 4.57 Å². The second-order valence-corrected chi connectivity index (χ2v) is 6.54. The van der Waals surface area contributed by atoms with Crippen molar-refractivity contribution < 1.29 is 14.3 Å². The molecule has 6 heteroatoms. The normalized spacial score (nSPS) is 13.8. The number of hydrogen-bond donors (Lipinski definition) is 1. The number of ether oxygens (including phenoxy) is 1. The number of nitrogen functional groups attached to an aromatic ring is 1. The summed E-state index contributed by atoms with van der Waals surface area (Å²) in [7, 11) is 0. The third kappa shape index (κ3) is 3.29. The SMILES string of the molecule is CCOC(=O)c1c(N)c(C(=O)c2ccc(Cl)cc2)n2c1CCCCC2. The maximum absolute atomic E-state index is 13.1. The molecule has 0 spiro atoms. The highest BCUT2D eigenvalue weighted by Crippen LogP contribution is 2.32. The summed E-state index contributed by atoms with van der Waals surface area (Å²) < 4.78 is 7.08. The maximum atomic E-state index is 13.1. The van der Waals surface area contributed by atoms with Crippen LogP contribution in [0.25, 0.3) is 0 Å². The molecule has 0 bridgehead atoms. The van der Waals surface area contributed by atoms with Crippen LogP contribution in [0.15, 0.2) is 24.3 Å². The molecule has 0 aliphatic carbocycles. The lowest BCUT2D eigenvalue weighted by atomic mass is 10.1. The minimum atomic E-state index is -0.458. The van der Waals surface area contributed by atoms with Crippen molar-refractivity contribution >= 4 is 29.0 Å². The van der Waals surface area contributed by atoms with Crippen LogP contribution in [-0.2, 0) is 17.7 Å². The van der Waals surface area contributed by atoms with E-state index >= 15 is 0 Å². The van der Waals surface area contributed by atoms with E-state index in [1.807, 2.05) is 4.57 Å². The maximum Gasteiger partial charge on any atom is 0.342 e. The number of carbonyl (C=O) groups excluding carboxylic acids is 2. The first-order valence-electron chi connectivity index (χ1n) is 8.52. The average molecular weight is 361 g/mol. The number of aromatic nitrogens is 1. The zero-order valence-electron chi connectivity index (χ0n) is 14.2. The van der Waals surface area contributed by atoms with Gasteiger partial charge in [0, 0.05) is 22.8 Å². The molecular weight excluding hydrogens is 340 g/mol. The number of carbonyl (C=O) groups is 2. The number of nitrogens with two attached hydrogens (primary N) is 1. The van der Waals surface area contributed by atoms with Crippen molar-refractivity contribution in [3.8, 4) is 0 Å². The first-order valence-corrected chi connectivity index (χ1v) is 8.90. The van der Waals surface area contributed by atoms with Gasteiger partial charge in [0.25, 0.3) is 0 Å². The van der Waals surface area contributed by atoms with E-state index in [9.17, 15) is 9.59 Å². The third-order valence-corrected chi connectivity index (χ3v) is 4.76. The van der Waals surface area contributed by atoms with Gasteiger partial charge in [-0.1, -0.05) is 18.0 Å². The lowest BCUT2D eigenvalue weighted by Gasteiger charge is -2.10. The predicted molar refractivity (Wildman–Crippen MR) is 97.2 cm³/mol. The molecule has 0 fully saturated rings. The van der Waals surface area contributed by atoms with Crippen LogP contribution in [0.3, 0.4) is 0 Å². The molecule has 0 atom stereocenters. The topological polar surface area (TPSA) is 74.3 Å². The number of esters is 1. The number of anilines is 1. The summed E-state index contributed by atoms with van der Waals surface area (Å²) >= 11 is 5.91. The van der Waals surface area contributed by atoms with E-state index in [0.29, 0.717) is 34.8 Å². The third-order valence-electron chi connectivity index (χ3n) is 4.51. The van der Waals surface area contributed by atoms with Crippen molar-refractivity contribution in [3.63, 3.8) is 0 Å². The first-order chi connectivity index (χ1) is 12.0. The Labute approximate surface area is 151 Å². The van der Waals surface area contributed by atoms with Crippen molar-refractivity contribution in [1.29, 1.82) is 0 Å². The number of fused-ring (bicyclic) bond motifs is 1. The Kier molecular flexibility index (Phi) is 5.13. The second-order valence-electron chi connectivity index (χ2n) is 6.10. The van der Waals surface area contributed by atoms with Crippen LogP contribution in [0.1, 0.15) is 58.3 Å². The molecule has 1 aliphatic heterocycles. The standard InChI is InChI=1S/C19H21ClN2O3/c1-2-25-19(24)15-14-6-4-3-5-11-22(14)17(16(15)21)18(23)12-7-9-13(20)10-8-12/h7-10H,2-6,11,21H2,1H3. The molecule has 0 radical (unpaired) electrons. The molecule has 1 aliphatic rings. The number of ketones is 1. The monoisotopic (exact) mass is 360 g/mol. The van der Waals surface area contributed by atoms with Crippen LogP contribution in [-0.4, -0.2) is 22.9 Å². The molecule has 0 saturated carbocycles. The Morgan fingerprint density at radius 2 is 1.92 bits per heavy atom. The Hall–Kier alpha value is -2.27. The van der Waals surface area contributed by atoms with E-state index in [2.05, 4.69) is 0 Å². The molecular formula is C19H21ClN2O3. The van der Waals surface area contributed by atoms with Gasteiger partial charge in [-0.05, 0) is 50.5 Å². The van der Waals surface area contributed by atoms with E-state index in [1.165, 1.54) is 0 Å². The summed E-state index contributed by atoms with van der Waals surface area (Å²) in [5.74, 6) is -0.659. The summed E-state index contributed by atoms with van der Waals surface area (Å²) in [6.07, 6.45) is 3.68. The van der Waals surface area contributed by atoms with Crippen LogP contribution < -0.4 is 5.73 Å².